The summed E-state index contributed by atoms with van der Waals surface area (Å²) < 4.78 is 49.6. The van der Waals surface area contributed by atoms with Crippen molar-refractivity contribution in [1.29, 1.82) is 0 Å². The summed E-state index contributed by atoms with van der Waals surface area (Å²) in [5, 5.41) is 5.94. The molecule has 2 aromatic rings. The van der Waals surface area contributed by atoms with Gasteiger partial charge in [0, 0.05) is 7.05 Å². The summed E-state index contributed by atoms with van der Waals surface area (Å²) in [4.78, 5) is 37.5. The van der Waals surface area contributed by atoms with Crippen LogP contribution in [0.1, 0.15) is 62.0 Å². The highest BCUT2D eigenvalue weighted by Gasteiger charge is 2.40. The Kier molecular flexibility index (Phi) is 7.87. The van der Waals surface area contributed by atoms with Crippen molar-refractivity contribution in [3.63, 3.8) is 0 Å². The monoisotopic (exact) mass is 525 g/mol. The van der Waals surface area contributed by atoms with Crippen LogP contribution < -0.4 is 5.32 Å². The Morgan fingerprint density at radius 3 is 2.35 bits per heavy atom. The fourth-order valence-corrected chi connectivity index (χ4v) is 4.44. The zero-order valence-electron chi connectivity index (χ0n) is 17.0. The highest BCUT2D eigenvalue weighted by atomic mass is 79.9. The molecule has 0 unspecified atom stereocenters. The molecule has 0 radical (unpaired) electrons. The minimum Gasteiger partial charge on any atom is -0.462 e. The number of amides is 1. The van der Waals surface area contributed by atoms with Gasteiger partial charge in [-0.1, -0.05) is 6.92 Å². The molecule has 2 aromatic heterocycles. The lowest BCUT2D eigenvalue weighted by atomic mass is 10.1. The van der Waals surface area contributed by atoms with Crippen LogP contribution in [0.4, 0.5) is 18.2 Å². The van der Waals surface area contributed by atoms with E-state index in [0.29, 0.717) is 11.1 Å². The van der Waals surface area contributed by atoms with Gasteiger partial charge < -0.3 is 14.8 Å². The fourth-order valence-electron chi connectivity index (χ4n) is 2.62. The van der Waals surface area contributed by atoms with Crippen molar-refractivity contribution in [2.75, 3.05) is 18.5 Å². The summed E-state index contributed by atoms with van der Waals surface area (Å²) >= 11 is 3.53. The van der Waals surface area contributed by atoms with Gasteiger partial charge in [0.15, 0.2) is 11.4 Å². The largest absolute Gasteiger partial charge is 0.462 e. The molecule has 170 valence electrons. The Morgan fingerprint density at radius 1 is 1.19 bits per heavy atom. The van der Waals surface area contributed by atoms with E-state index in [1.807, 2.05) is 0 Å². The highest BCUT2D eigenvalue weighted by molar-refractivity contribution is 9.10. The number of rotatable bonds is 7. The molecule has 2 heterocycles. The first-order chi connectivity index (χ1) is 14.4. The highest BCUT2D eigenvalue weighted by Crippen LogP contribution is 2.38. The second kappa shape index (κ2) is 9.81. The Balaban J connectivity index is 2.48. The van der Waals surface area contributed by atoms with Gasteiger partial charge in [0.1, 0.15) is 9.88 Å². The third-order valence-electron chi connectivity index (χ3n) is 3.95. The molecule has 0 spiro atoms. The van der Waals surface area contributed by atoms with Gasteiger partial charge in [-0.2, -0.15) is 18.3 Å². The van der Waals surface area contributed by atoms with Gasteiger partial charge in [-0.15, -0.1) is 11.3 Å². The van der Waals surface area contributed by atoms with E-state index >= 15 is 0 Å². The van der Waals surface area contributed by atoms with Crippen LogP contribution in [0.15, 0.2) is 4.47 Å². The molecule has 13 heteroatoms. The predicted molar refractivity (Wildman–Crippen MR) is 109 cm³/mol. The lowest BCUT2D eigenvalue weighted by Gasteiger charge is -2.07. The van der Waals surface area contributed by atoms with E-state index in [0.717, 1.165) is 18.4 Å². The third kappa shape index (κ3) is 5.26. The topological polar surface area (TPSA) is 99.5 Å². The van der Waals surface area contributed by atoms with E-state index in [1.54, 1.807) is 13.8 Å². The zero-order chi connectivity index (χ0) is 23.5. The zero-order valence-corrected chi connectivity index (χ0v) is 19.4. The molecule has 0 aliphatic carbocycles. The number of alkyl halides is 3. The first kappa shape index (κ1) is 24.9. The quantitative estimate of drug-likeness (QED) is 0.531. The maximum absolute atomic E-state index is 13.2. The van der Waals surface area contributed by atoms with Crippen LogP contribution in [0.25, 0.3) is 0 Å². The van der Waals surface area contributed by atoms with Gasteiger partial charge >= 0.3 is 18.1 Å². The molecular weight excluding hydrogens is 507 g/mol. The Morgan fingerprint density at radius 2 is 1.84 bits per heavy atom. The van der Waals surface area contributed by atoms with E-state index in [1.165, 1.54) is 6.92 Å². The van der Waals surface area contributed by atoms with Crippen LogP contribution in [0.2, 0.25) is 0 Å². The SMILES string of the molecule is CCCOC(=O)c1c(NC(=O)c2nn(C)c(C(F)(F)F)c2Br)sc(C(=O)OCC)c1C. The smallest absolute Gasteiger partial charge is 0.434 e. The Hall–Kier alpha value is -2.41. The number of carbonyl (C=O) groups is 3. The minimum absolute atomic E-state index is 0.0576. The molecule has 0 atom stereocenters. The average Bonchev–Trinajstić information content (AvgIpc) is 3.15. The van der Waals surface area contributed by atoms with Crippen LogP contribution in [-0.2, 0) is 22.7 Å². The Bertz CT molecular complexity index is 1020. The van der Waals surface area contributed by atoms with Gasteiger partial charge in [0.2, 0.25) is 0 Å². The van der Waals surface area contributed by atoms with E-state index in [4.69, 9.17) is 9.47 Å². The summed E-state index contributed by atoms with van der Waals surface area (Å²) in [6.07, 6.45) is -4.20. The average molecular weight is 526 g/mol. The summed E-state index contributed by atoms with van der Waals surface area (Å²) in [6, 6.07) is 0. The van der Waals surface area contributed by atoms with Gasteiger partial charge in [0.25, 0.3) is 5.91 Å². The van der Waals surface area contributed by atoms with Crippen molar-refractivity contribution in [3.05, 3.63) is 31.9 Å². The summed E-state index contributed by atoms with van der Waals surface area (Å²) in [5.41, 5.74) is -1.52. The number of hydrogen-bond acceptors (Lipinski definition) is 7. The molecule has 0 bridgehead atoms. The molecule has 0 aliphatic heterocycles. The van der Waals surface area contributed by atoms with Crippen molar-refractivity contribution >= 4 is 50.1 Å². The molecule has 1 N–H and O–H groups in total. The van der Waals surface area contributed by atoms with Gasteiger partial charge in [-0.3, -0.25) is 9.48 Å². The molecular formula is C18H19BrF3N3O5S. The third-order valence-corrected chi connectivity index (χ3v) is 5.89. The van der Waals surface area contributed by atoms with Gasteiger partial charge in [-0.25, -0.2) is 9.59 Å². The fraction of sp³-hybridized carbons (Fsp3) is 0.444. The molecule has 0 saturated heterocycles. The van der Waals surface area contributed by atoms with Crippen molar-refractivity contribution in [3.8, 4) is 0 Å². The molecule has 0 aromatic carbocycles. The van der Waals surface area contributed by atoms with Crippen LogP contribution >= 0.6 is 27.3 Å². The van der Waals surface area contributed by atoms with E-state index < -0.39 is 39.9 Å². The molecule has 1 amide bonds. The van der Waals surface area contributed by atoms with E-state index in [-0.39, 0.29) is 34.2 Å². The number of aromatic nitrogens is 2. The van der Waals surface area contributed by atoms with Crippen LogP contribution in [0.3, 0.4) is 0 Å². The number of aryl methyl sites for hydroxylation is 1. The summed E-state index contributed by atoms with van der Waals surface area (Å²) in [5.74, 6) is -2.48. The first-order valence-corrected chi connectivity index (χ1v) is 10.6. The molecule has 31 heavy (non-hydrogen) atoms. The van der Waals surface area contributed by atoms with Crippen molar-refractivity contribution < 1.29 is 37.0 Å². The molecule has 0 aliphatic rings. The van der Waals surface area contributed by atoms with Crippen molar-refractivity contribution in [1.82, 2.24) is 9.78 Å². The Labute approximate surface area is 187 Å². The number of thiophene rings is 1. The number of ether oxygens (including phenoxy) is 2. The molecule has 2 rings (SSSR count). The maximum Gasteiger partial charge on any atom is 0.434 e. The number of anilines is 1. The standard InChI is InChI=1S/C18H19BrF3N3O5S/c1-5-7-30-16(27)9-8(3)12(17(28)29-6-2)31-15(9)23-14(26)11-10(19)13(18(20,21)22)25(4)24-11/h5-7H2,1-4H3,(H,23,26). The second-order valence-electron chi connectivity index (χ2n) is 6.20. The van der Waals surface area contributed by atoms with Gasteiger partial charge in [0.05, 0.1) is 23.2 Å². The lowest BCUT2D eigenvalue weighted by molar-refractivity contribution is -0.144. The van der Waals surface area contributed by atoms with Crippen LogP contribution in [-0.4, -0.2) is 40.8 Å². The molecule has 8 nitrogen and oxygen atoms in total. The van der Waals surface area contributed by atoms with Crippen LogP contribution in [0, 0.1) is 6.92 Å². The number of halogens is 4. The number of esters is 2. The van der Waals surface area contributed by atoms with Crippen LogP contribution in [0.5, 0.6) is 0 Å². The van der Waals surface area contributed by atoms with E-state index in [9.17, 15) is 27.6 Å². The van der Waals surface area contributed by atoms with Crippen molar-refractivity contribution in [2.24, 2.45) is 7.05 Å². The summed E-state index contributed by atoms with van der Waals surface area (Å²) in [7, 11) is 1.05. The normalized spacial score (nSPS) is 11.4. The molecule has 0 saturated carbocycles. The lowest BCUT2D eigenvalue weighted by Crippen LogP contribution is -2.16. The number of nitrogens with one attached hydrogen (secondary N) is 1. The number of nitrogens with zero attached hydrogens (tertiary/aromatic N) is 2. The maximum atomic E-state index is 13.2. The number of carbonyl (C=O) groups excluding carboxylic acids is 3. The van der Waals surface area contributed by atoms with Crippen molar-refractivity contribution in [2.45, 2.75) is 33.4 Å². The van der Waals surface area contributed by atoms with Gasteiger partial charge in [-0.05, 0) is 41.8 Å². The minimum atomic E-state index is -4.75. The second-order valence-corrected chi connectivity index (χ2v) is 8.02. The number of hydrogen-bond donors (Lipinski definition) is 1. The first-order valence-electron chi connectivity index (χ1n) is 9.02. The van der Waals surface area contributed by atoms with E-state index in [2.05, 4.69) is 26.3 Å². The molecule has 0 fully saturated rings. The summed E-state index contributed by atoms with van der Waals surface area (Å²) in [6.45, 7) is 5.08. The predicted octanol–water partition coefficient (Wildman–Crippen LogP) is 4.57.